The molecule has 3 rings (SSSR count). The second-order valence-corrected chi connectivity index (χ2v) is 7.49. The number of carbonyl (C=O) groups is 1. The molecular weight excluding hydrogens is 364 g/mol. The van der Waals surface area contributed by atoms with Crippen LogP contribution in [0.15, 0.2) is 61.2 Å². The minimum absolute atomic E-state index is 0.0543. The Balaban J connectivity index is 1.80. The Kier molecular flexibility index (Phi) is 7.30. The predicted molar refractivity (Wildman–Crippen MR) is 115 cm³/mol. The molecule has 0 saturated carbocycles. The van der Waals surface area contributed by atoms with E-state index in [1.54, 1.807) is 20.3 Å². The van der Waals surface area contributed by atoms with Crippen LogP contribution in [0, 0.1) is 5.92 Å². The van der Waals surface area contributed by atoms with Crippen LogP contribution in [0.1, 0.15) is 23.5 Å². The number of ether oxygens (including phenoxy) is 2. The summed E-state index contributed by atoms with van der Waals surface area (Å²) in [6.07, 6.45) is 2.57. The SMILES string of the molecule is C=CCNC(=O)C1CC(c2ccccc2)CN(Cc2cc(OC)cc(OC)c2)C1. The largest absolute Gasteiger partial charge is 0.497 e. The normalized spacial score (nSPS) is 19.4. The van der Waals surface area contributed by atoms with Gasteiger partial charge in [0, 0.05) is 32.2 Å². The van der Waals surface area contributed by atoms with Crippen LogP contribution < -0.4 is 14.8 Å². The van der Waals surface area contributed by atoms with E-state index in [2.05, 4.69) is 41.1 Å². The molecule has 0 bridgehead atoms. The number of piperidine rings is 1. The molecule has 154 valence electrons. The molecular formula is C24H30N2O3. The lowest BCUT2D eigenvalue weighted by atomic mass is 9.84. The van der Waals surface area contributed by atoms with Crippen molar-refractivity contribution in [3.63, 3.8) is 0 Å². The van der Waals surface area contributed by atoms with Crippen molar-refractivity contribution < 1.29 is 14.3 Å². The summed E-state index contributed by atoms with van der Waals surface area (Å²) in [6.45, 7) is 6.57. The Morgan fingerprint density at radius 3 is 2.45 bits per heavy atom. The molecule has 0 spiro atoms. The minimum Gasteiger partial charge on any atom is -0.497 e. The van der Waals surface area contributed by atoms with E-state index in [9.17, 15) is 4.79 Å². The monoisotopic (exact) mass is 394 g/mol. The summed E-state index contributed by atoms with van der Waals surface area (Å²) in [4.78, 5) is 15.1. The number of nitrogens with zero attached hydrogens (tertiary/aromatic N) is 1. The van der Waals surface area contributed by atoms with Crippen molar-refractivity contribution in [1.82, 2.24) is 10.2 Å². The number of amides is 1. The molecule has 2 atom stereocenters. The molecule has 2 unspecified atom stereocenters. The number of benzene rings is 2. The predicted octanol–water partition coefficient (Wildman–Crippen LogP) is 3.61. The number of hydrogen-bond acceptors (Lipinski definition) is 4. The van der Waals surface area contributed by atoms with Crippen LogP contribution in [0.25, 0.3) is 0 Å². The minimum atomic E-state index is -0.0543. The summed E-state index contributed by atoms with van der Waals surface area (Å²) in [5, 5.41) is 2.97. The second-order valence-electron chi connectivity index (χ2n) is 7.49. The molecule has 1 fully saturated rings. The van der Waals surface area contributed by atoms with Crippen molar-refractivity contribution in [2.45, 2.75) is 18.9 Å². The lowest BCUT2D eigenvalue weighted by Gasteiger charge is -2.37. The van der Waals surface area contributed by atoms with Gasteiger partial charge in [-0.1, -0.05) is 36.4 Å². The van der Waals surface area contributed by atoms with Gasteiger partial charge in [-0.3, -0.25) is 9.69 Å². The summed E-state index contributed by atoms with van der Waals surface area (Å²) < 4.78 is 10.8. The van der Waals surface area contributed by atoms with Gasteiger partial charge in [0.1, 0.15) is 11.5 Å². The van der Waals surface area contributed by atoms with Crippen molar-refractivity contribution in [2.24, 2.45) is 5.92 Å². The van der Waals surface area contributed by atoms with Crippen molar-refractivity contribution >= 4 is 5.91 Å². The molecule has 1 heterocycles. The number of hydrogen-bond donors (Lipinski definition) is 1. The summed E-state index contributed by atoms with van der Waals surface area (Å²) in [5.41, 5.74) is 2.39. The fourth-order valence-corrected chi connectivity index (χ4v) is 4.01. The molecule has 1 saturated heterocycles. The van der Waals surface area contributed by atoms with Crippen LogP contribution in [0.2, 0.25) is 0 Å². The molecule has 1 aliphatic heterocycles. The van der Waals surface area contributed by atoms with E-state index < -0.39 is 0 Å². The molecule has 2 aromatic carbocycles. The highest BCUT2D eigenvalue weighted by atomic mass is 16.5. The topological polar surface area (TPSA) is 50.8 Å². The van der Waals surface area contributed by atoms with Crippen molar-refractivity contribution in [1.29, 1.82) is 0 Å². The van der Waals surface area contributed by atoms with E-state index in [-0.39, 0.29) is 11.8 Å². The maximum Gasteiger partial charge on any atom is 0.224 e. The third-order valence-corrected chi connectivity index (χ3v) is 5.41. The smallest absolute Gasteiger partial charge is 0.224 e. The molecule has 5 nitrogen and oxygen atoms in total. The Hall–Kier alpha value is -2.79. The van der Waals surface area contributed by atoms with Crippen LogP contribution in [0.4, 0.5) is 0 Å². The molecule has 1 aliphatic rings. The number of likely N-dealkylation sites (tertiary alicyclic amines) is 1. The molecule has 2 aromatic rings. The van der Waals surface area contributed by atoms with E-state index in [1.165, 1.54) is 5.56 Å². The maximum absolute atomic E-state index is 12.7. The van der Waals surface area contributed by atoms with Crippen molar-refractivity contribution in [3.05, 3.63) is 72.3 Å². The highest BCUT2D eigenvalue weighted by Crippen LogP contribution is 2.32. The van der Waals surface area contributed by atoms with E-state index >= 15 is 0 Å². The van der Waals surface area contributed by atoms with E-state index in [0.717, 1.165) is 43.1 Å². The quantitative estimate of drug-likeness (QED) is 0.695. The summed E-state index contributed by atoms with van der Waals surface area (Å²) in [7, 11) is 3.32. The third-order valence-electron chi connectivity index (χ3n) is 5.41. The third kappa shape index (κ3) is 5.61. The Labute approximate surface area is 173 Å². The van der Waals surface area contributed by atoms with Gasteiger partial charge in [0.05, 0.1) is 20.1 Å². The van der Waals surface area contributed by atoms with Crippen LogP contribution in [0.5, 0.6) is 11.5 Å². The van der Waals surface area contributed by atoms with Gasteiger partial charge >= 0.3 is 0 Å². The first kappa shape index (κ1) is 20.9. The second kappa shape index (κ2) is 10.1. The van der Waals surface area contributed by atoms with Crippen LogP contribution >= 0.6 is 0 Å². The summed E-state index contributed by atoms with van der Waals surface area (Å²) in [6, 6.07) is 16.4. The lowest BCUT2D eigenvalue weighted by molar-refractivity contribution is -0.126. The Morgan fingerprint density at radius 1 is 1.14 bits per heavy atom. The fourth-order valence-electron chi connectivity index (χ4n) is 4.01. The van der Waals surface area contributed by atoms with E-state index in [0.29, 0.717) is 12.5 Å². The standard InChI is InChI=1S/C24H30N2O3/c1-4-10-25-24(27)21-13-20(19-8-6-5-7-9-19)16-26(17-21)15-18-11-22(28-2)14-23(12-18)29-3/h4-9,11-12,14,20-21H,1,10,13,15-17H2,2-3H3,(H,25,27). The number of rotatable bonds is 8. The fraction of sp³-hybridized carbons (Fsp3) is 0.375. The first-order valence-electron chi connectivity index (χ1n) is 10.0. The average molecular weight is 395 g/mol. The number of nitrogens with one attached hydrogen (secondary N) is 1. The molecule has 0 aromatic heterocycles. The number of methoxy groups -OCH3 is 2. The summed E-state index contributed by atoms with van der Waals surface area (Å²) >= 11 is 0. The number of carbonyl (C=O) groups excluding carboxylic acids is 1. The molecule has 5 heteroatoms. The van der Waals surface area contributed by atoms with Gasteiger partial charge in [0.2, 0.25) is 5.91 Å². The highest BCUT2D eigenvalue weighted by Gasteiger charge is 2.32. The zero-order valence-corrected chi connectivity index (χ0v) is 17.3. The molecule has 0 aliphatic carbocycles. The van der Waals surface area contributed by atoms with Crippen LogP contribution in [-0.4, -0.2) is 44.7 Å². The molecule has 0 radical (unpaired) electrons. The van der Waals surface area contributed by atoms with Crippen molar-refractivity contribution in [3.8, 4) is 11.5 Å². The zero-order chi connectivity index (χ0) is 20.6. The molecule has 29 heavy (non-hydrogen) atoms. The van der Waals surface area contributed by atoms with Crippen molar-refractivity contribution in [2.75, 3.05) is 33.9 Å². The average Bonchev–Trinajstić information content (AvgIpc) is 2.77. The molecule has 1 amide bonds. The van der Waals surface area contributed by atoms with Gasteiger partial charge in [-0.15, -0.1) is 6.58 Å². The zero-order valence-electron chi connectivity index (χ0n) is 17.3. The van der Waals surface area contributed by atoms with Gasteiger partial charge in [-0.25, -0.2) is 0 Å². The Morgan fingerprint density at radius 2 is 1.83 bits per heavy atom. The van der Waals surface area contributed by atoms with E-state index in [1.807, 2.05) is 24.3 Å². The van der Waals surface area contributed by atoms with Gasteiger partial charge in [0.15, 0.2) is 0 Å². The summed E-state index contributed by atoms with van der Waals surface area (Å²) in [5.74, 6) is 1.91. The van der Waals surface area contributed by atoms with E-state index in [4.69, 9.17) is 9.47 Å². The first-order valence-corrected chi connectivity index (χ1v) is 10.0. The Bertz CT molecular complexity index is 800. The maximum atomic E-state index is 12.7. The van der Waals surface area contributed by atoms with Crippen LogP contribution in [-0.2, 0) is 11.3 Å². The van der Waals surface area contributed by atoms with Gasteiger partial charge in [-0.2, -0.15) is 0 Å². The highest BCUT2D eigenvalue weighted by molar-refractivity contribution is 5.79. The molecule has 1 N–H and O–H groups in total. The van der Waals surface area contributed by atoms with Gasteiger partial charge in [0.25, 0.3) is 0 Å². The lowest BCUT2D eigenvalue weighted by Crippen LogP contribution is -2.45. The van der Waals surface area contributed by atoms with Gasteiger partial charge < -0.3 is 14.8 Å². The van der Waals surface area contributed by atoms with Crippen LogP contribution in [0.3, 0.4) is 0 Å². The first-order chi connectivity index (χ1) is 14.1. The van der Waals surface area contributed by atoms with Gasteiger partial charge in [-0.05, 0) is 35.6 Å².